The number of aryl methyl sites for hydroxylation is 1. The molecule has 0 bridgehead atoms. The molecule has 6 heteroatoms. The molecule has 1 aliphatic carbocycles. The highest BCUT2D eigenvalue weighted by Gasteiger charge is 2.26. The molecule has 1 aromatic rings. The number of amides is 1. The fourth-order valence-corrected chi connectivity index (χ4v) is 4.32. The van der Waals surface area contributed by atoms with E-state index < -0.39 is 0 Å². The minimum Gasteiger partial charge on any atom is -0.396 e. The molecular formula is C15H24N2O2S2. The third-order valence-electron chi connectivity index (χ3n) is 4.00. The lowest BCUT2D eigenvalue weighted by Gasteiger charge is -2.17. The second-order valence-electron chi connectivity index (χ2n) is 5.60. The second kappa shape index (κ2) is 8.76. The van der Waals surface area contributed by atoms with Crippen molar-refractivity contribution >= 4 is 29.0 Å². The van der Waals surface area contributed by atoms with Crippen molar-refractivity contribution in [3.8, 4) is 0 Å². The first-order valence-corrected chi connectivity index (χ1v) is 9.58. The third kappa shape index (κ3) is 5.60. The highest BCUT2D eigenvalue weighted by atomic mass is 32.2. The van der Waals surface area contributed by atoms with Gasteiger partial charge in [-0.05, 0) is 31.6 Å². The summed E-state index contributed by atoms with van der Waals surface area (Å²) < 4.78 is 0. The van der Waals surface area contributed by atoms with Crippen molar-refractivity contribution in [1.29, 1.82) is 0 Å². The molecule has 4 nitrogen and oxygen atoms in total. The Bertz CT molecular complexity index is 451. The second-order valence-corrected chi connectivity index (χ2v) is 7.77. The van der Waals surface area contributed by atoms with Crippen LogP contribution in [0.3, 0.4) is 0 Å². The molecule has 1 aromatic heterocycles. The molecule has 0 saturated heterocycles. The van der Waals surface area contributed by atoms with Crippen molar-refractivity contribution < 1.29 is 9.90 Å². The zero-order valence-corrected chi connectivity index (χ0v) is 14.1. The lowest BCUT2D eigenvalue weighted by molar-refractivity contribution is -0.120. The van der Waals surface area contributed by atoms with Gasteiger partial charge < -0.3 is 10.4 Å². The van der Waals surface area contributed by atoms with Gasteiger partial charge in [-0.25, -0.2) is 4.98 Å². The van der Waals surface area contributed by atoms with Gasteiger partial charge in [0.25, 0.3) is 0 Å². The van der Waals surface area contributed by atoms with Crippen molar-refractivity contribution in [3.63, 3.8) is 0 Å². The van der Waals surface area contributed by atoms with Gasteiger partial charge in [-0.3, -0.25) is 4.79 Å². The van der Waals surface area contributed by atoms with Crippen molar-refractivity contribution in [1.82, 2.24) is 10.3 Å². The van der Waals surface area contributed by atoms with Crippen molar-refractivity contribution in [2.24, 2.45) is 11.8 Å². The van der Waals surface area contributed by atoms with Crippen LogP contribution in [0.15, 0.2) is 5.38 Å². The number of hydrogen-bond donors (Lipinski definition) is 2. The summed E-state index contributed by atoms with van der Waals surface area (Å²) in [7, 11) is 0. The minimum atomic E-state index is 0.126. The Morgan fingerprint density at radius 1 is 1.52 bits per heavy atom. The smallest absolute Gasteiger partial charge is 0.220 e. The van der Waals surface area contributed by atoms with Gasteiger partial charge in [0.15, 0.2) is 0 Å². The largest absolute Gasteiger partial charge is 0.396 e. The molecule has 0 aliphatic heterocycles. The summed E-state index contributed by atoms with van der Waals surface area (Å²) in [5.74, 6) is 2.68. The van der Waals surface area contributed by atoms with Crippen LogP contribution in [0.2, 0.25) is 0 Å². The lowest BCUT2D eigenvalue weighted by Crippen LogP contribution is -2.31. The van der Waals surface area contributed by atoms with Crippen molar-refractivity contribution in [3.05, 3.63) is 16.1 Å². The predicted octanol–water partition coefficient (Wildman–Crippen LogP) is 2.60. The highest BCUT2D eigenvalue weighted by Crippen LogP contribution is 2.30. The summed E-state index contributed by atoms with van der Waals surface area (Å²) in [6.45, 7) is 2.98. The zero-order valence-electron chi connectivity index (χ0n) is 12.5. The molecule has 21 heavy (non-hydrogen) atoms. The predicted molar refractivity (Wildman–Crippen MR) is 88.6 cm³/mol. The van der Waals surface area contributed by atoms with Crippen LogP contribution in [0.5, 0.6) is 0 Å². The average Bonchev–Trinajstić information content (AvgIpc) is 3.09. The molecule has 2 rings (SSSR count). The lowest BCUT2D eigenvalue weighted by atomic mass is 9.97. The maximum Gasteiger partial charge on any atom is 0.220 e. The van der Waals surface area contributed by atoms with Crippen LogP contribution in [0.4, 0.5) is 0 Å². The van der Waals surface area contributed by atoms with E-state index in [0.29, 0.717) is 18.3 Å². The van der Waals surface area contributed by atoms with Crippen LogP contribution in [-0.4, -0.2) is 34.9 Å². The van der Waals surface area contributed by atoms with Gasteiger partial charge in [-0.2, -0.15) is 11.8 Å². The summed E-state index contributed by atoms with van der Waals surface area (Å²) in [6, 6.07) is 0. The molecule has 118 valence electrons. The van der Waals surface area contributed by atoms with Gasteiger partial charge in [0.2, 0.25) is 5.91 Å². The summed E-state index contributed by atoms with van der Waals surface area (Å²) in [5.41, 5.74) is 1.11. The molecule has 0 radical (unpaired) electrons. The average molecular weight is 329 g/mol. The molecule has 0 spiro atoms. The highest BCUT2D eigenvalue weighted by molar-refractivity contribution is 7.98. The number of carbonyl (C=O) groups excluding carboxylic acids is 1. The number of thioether (sulfide) groups is 1. The monoisotopic (exact) mass is 328 g/mol. The number of carbonyl (C=O) groups is 1. The van der Waals surface area contributed by atoms with E-state index in [0.717, 1.165) is 41.6 Å². The van der Waals surface area contributed by atoms with E-state index in [1.165, 1.54) is 6.42 Å². The van der Waals surface area contributed by atoms with E-state index in [1.807, 2.05) is 6.92 Å². The number of hydrogen-bond acceptors (Lipinski definition) is 5. The SMILES string of the molecule is Cc1nc(CSCCC(=O)NCC2CCCC2CO)cs1. The Morgan fingerprint density at radius 2 is 2.33 bits per heavy atom. The maximum atomic E-state index is 11.8. The van der Waals surface area contributed by atoms with Crippen LogP contribution in [0.1, 0.15) is 36.4 Å². The molecule has 1 fully saturated rings. The summed E-state index contributed by atoms with van der Waals surface area (Å²) in [6.07, 6.45) is 3.96. The number of aliphatic hydroxyl groups excluding tert-OH is 1. The van der Waals surface area contributed by atoms with Gasteiger partial charge in [0.05, 0.1) is 10.7 Å². The van der Waals surface area contributed by atoms with E-state index in [1.54, 1.807) is 23.1 Å². The number of aromatic nitrogens is 1. The van der Waals surface area contributed by atoms with E-state index in [-0.39, 0.29) is 12.5 Å². The van der Waals surface area contributed by atoms with Gasteiger partial charge in [-0.1, -0.05) is 6.42 Å². The van der Waals surface area contributed by atoms with Gasteiger partial charge in [-0.15, -0.1) is 11.3 Å². The molecule has 2 unspecified atom stereocenters. The molecule has 2 atom stereocenters. The molecule has 1 heterocycles. The number of rotatable bonds is 8. The zero-order chi connectivity index (χ0) is 15.1. The van der Waals surface area contributed by atoms with E-state index in [9.17, 15) is 9.90 Å². The summed E-state index contributed by atoms with van der Waals surface area (Å²) in [4.78, 5) is 16.2. The van der Waals surface area contributed by atoms with Crippen molar-refractivity contribution in [2.75, 3.05) is 18.9 Å². The minimum absolute atomic E-state index is 0.126. The van der Waals surface area contributed by atoms with E-state index in [4.69, 9.17) is 0 Å². The Labute approximate surface area is 134 Å². The first-order chi connectivity index (χ1) is 10.2. The van der Waals surface area contributed by atoms with Gasteiger partial charge >= 0.3 is 0 Å². The Balaban J connectivity index is 1.55. The topological polar surface area (TPSA) is 62.2 Å². The first kappa shape index (κ1) is 16.8. The normalized spacial score (nSPS) is 21.6. The molecular weight excluding hydrogens is 304 g/mol. The van der Waals surface area contributed by atoms with Crippen LogP contribution in [-0.2, 0) is 10.5 Å². The summed E-state index contributed by atoms with van der Waals surface area (Å²) >= 11 is 3.42. The van der Waals surface area contributed by atoms with Crippen LogP contribution >= 0.6 is 23.1 Å². The van der Waals surface area contributed by atoms with Crippen LogP contribution < -0.4 is 5.32 Å². The molecule has 2 N–H and O–H groups in total. The molecule has 1 saturated carbocycles. The van der Waals surface area contributed by atoms with Crippen LogP contribution in [0, 0.1) is 18.8 Å². The quantitative estimate of drug-likeness (QED) is 0.720. The van der Waals surface area contributed by atoms with Crippen LogP contribution in [0.25, 0.3) is 0 Å². The van der Waals surface area contributed by atoms with Gasteiger partial charge in [0, 0.05) is 36.5 Å². The molecule has 1 amide bonds. The van der Waals surface area contributed by atoms with Crippen molar-refractivity contribution in [2.45, 2.75) is 38.4 Å². The standard InChI is InChI=1S/C15H24N2O2S2/c1-11-17-14(10-21-11)9-20-6-5-15(19)16-7-12-3-2-4-13(12)8-18/h10,12-13,18H,2-9H2,1H3,(H,16,19). The van der Waals surface area contributed by atoms with E-state index >= 15 is 0 Å². The number of aliphatic hydroxyl groups is 1. The Morgan fingerprint density at radius 3 is 3.05 bits per heavy atom. The first-order valence-electron chi connectivity index (χ1n) is 7.55. The maximum absolute atomic E-state index is 11.8. The number of thiazole rings is 1. The number of nitrogens with one attached hydrogen (secondary N) is 1. The fourth-order valence-electron chi connectivity index (χ4n) is 2.77. The third-order valence-corrected chi connectivity index (χ3v) is 5.82. The Kier molecular flexibility index (Phi) is 6.99. The van der Waals surface area contributed by atoms with Gasteiger partial charge in [0.1, 0.15) is 0 Å². The summed E-state index contributed by atoms with van der Waals surface area (Å²) in [5, 5.41) is 15.5. The van der Waals surface area contributed by atoms with E-state index in [2.05, 4.69) is 15.7 Å². The fraction of sp³-hybridized carbons (Fsp3) is 0.733. The molecule has 0 aromatic carbocycles. The number of nitrogens with zero attached hydrogens (tertiary/aromatic N) is 1. The molecule has 1 aliphatic rings. The Hall–Kier alpha value is -0.590.